The van der Waals surface area contributed by atoms with Crippen molar-refractivity contribution in [3.8, 4) is 0 Å². The normalized spacial score (nSPS) is 10.2. The molecule has 0 fully saturated rings. The number of amides is 1. The lowest BCUT2D eigenvalue weighted by atomic mass is 10.1. The molecule has 0 saturated carbocycles. The van der Waals surface area contributed by atoms with Crippen LogP contribution in [0.1, 0.15) is 37.0 Å². The molecular formula is C12H19N3O. The average Bonchev–Trinajstić information content (AvgIpc) is 2.35. The van der Waals surface area contributed by atoms with Crippen molar-refractivity contribution < 1.29 is 4.79 Å². The second-order valence-electron chi connectivity index (χ2n) is 3.67. The van der Waals surface area contributed by atoms with Crippen LogP contribution in [0.4, 0.5) is 5.82 Å². The van der Waals surface area contributed by atoms with Crippen LogP contribution < -0.4 is 10.6 Å². The highest BCUT2D eigenvalue weighted by atomic mass is 16.1. The number of nitrogens with zero attached hydrogens (tertiary/aromatic N) is 1. The molecule has 0 aliphatic carbocycles. The summed E-state index contributed by atoms with van der Waals surface area (Å²) in [6.07, 6.45) is 3.48. The molecule has 4 heteroatoms. The maximum absolute atomic E-state index is 11.8. The first kappa shape index (κ1) is 12.5. The molecule has 4 nitrogen and oxygen atoms in total. The number of carbonyl (C=O) groups excluding carboxylic acids is 1. The predicted molar refractivity (Wildman–Crippen MR) is 65.6 cm³/mol. The standard InChI is InChI=1S/C12H19N3O/c1-4-10(5-2)15-12(16)9-6-7-11(13-3)14-8-9/h6-8,10H,4-5H2,1-3H3,(H,13,14)(H,15,16). The van der Waals surface area contributed by atoms with Gasteiger partial charge in [-0.3, -0.25) is 4.79 Å². The Morgan fingerprint density at radius 2 is 2.06 bits per heavy atom. The lowest BCUT2D eigenvalue weighted by molar-refractivity contribution is 0.0934. The molecule has 2 N–H and O–H groups in total. The second-order valence-corrected chi connectivity index (χ2v) is 3.67. The second kappa shape index (κ2) is 6.10. The first-order valence-electron chi connectivity index (χ1n) is 5.65. The smallest absolute Gasteiger partial charge is 0.253 e. The summed E-state index contributed by atoms with van der Waals surface area (Å²) >= 11 is 0. The van der Waals surface area contributed by atoms with Gasteiger partial charge in [-0.05, 0) is 25.0 Å². The van der Waals surface area contributed by atoms with Gasteiger partial charge in [0.25, 0.3) is 5.91 Å². The van der Waals surface area contributed by atoms with E-state index in [2.05, 4.69) is 29.5 Å². The molecule has 0 radical (unpaired) electrons. The van der Waals surface area contributed by atoms with E-state index in [0.29, 0.717) is 5.56 Å². The Labute approximate surface area is 96.5 Å². The van der Waals surface area contributed by atoms with Gasteiger partial charge in [0.2, 0.25) is 0 Å². The van der Waals surface area contributed by atoms with Gasteiger partial charge in [0.1, 0.15) is 5.82 Å². The Morgan fingerprint density at radius 3 is 2.50 bits per heavy atom. The van der Waals surface area contributed by atoms with Crippen molar-refractivity contribution >= 4 is 11.7 Å². The molecule has 1 amide bonds. The quantitative estimate of drug-likeness (QED) is 0.800. The third kappa shape index (κ3) is 3.22. The molecule has 1 aromatic heterocycles. The largest absolute Gasteiger partial charge is 0.373 e. The summed E-state index contributed by atoms with van der Waals surface area (Å²) in [4.78, 5) is 15.9. The van der Waals surface area contributed by atoms with E-state index in [1.807, 2.05) is 0 Å². The van der Waals surface area contributed by atoms with Crippen molar-refractivity contribution in [2.45, 2.75) is 32.7 Å². The molecule has 0 aliphatic heterocycles. The fourth-order valence-electron chi connectivity index (χ4n) is 1.44. The van der Waals surface area contributed by atoms with Crippen LogP contribution in [0.3, 0.4) is 0 Å². The van der Waals surface area contributed by atoms with Crippen LogP contribution in [0.5, 0.6) is 0 Å². The maximum Gasteiger partial charge on any atom is 0.253 e. The van der Waals surface area contributed by atoms with Gasteiger partial charge in [0.15, 0.2) is 0 Å². The third-order valence-electron chi connectivity index (χ3n) is 2.60. The van der Waals surface area contributed by atoms with Gasteiger partial charge in [-0.1, -0.05) is 13.8 Å². The van der Waals surface area contributed by atoms with E-state index in [0.717, 1.165) is 18.7 Å². The van der Waals surface area contributed by atoms with Crippen molar-refractivity contribution in [2.75, 3.05) is 12.4 Å². The summed E-state index contributed by atoms with van der Waals surface area (Å²) in [7, 11) is 1.80. The number of hydrogen-bond acceptors (Lipinski definition) is 3. The van der Waals surface area contributed by atoms with E-state index < -0.39 is 0 Å². The zero-order chi connectivity index (χ0) is 12.0. The monoisotopic (exact) mass is 221 g/mol. The van der Waals surface area contributed by atoms with Gasteiger partial charge >= 0.3 is 0 Å². The molecular weight excluding hydrogens is 202 g/mol. The van der Waals surface area contributed by atoms with Crippen molar-refractivity contribution in [1.82, 2.24) is 10.3 Å². The molecule has 0 aliphatic rings. The number of anilines is 1. The van der Waals surface area contributed by atoms with Crippen molar-refractivity contribution in [3.05, 3.63) is 23.9 Å². The van der Waals surface area contributed by atoms with Gasteiger partial charge in [0, 0.05) is 19.3 Å². The predicted octanol–water partition coefficient (Wildman–Crippen LogP) is 2.04. The molecule has 0 atom stereocenters. The van der Waals surface area contributed by atoms with Gasteiger partial charge in [0.05, 0.1) is 5.56 Å². The number of hydrogen-bond donors (Lipinski definition) is 2. The van der Waals surface area contributed by atoms with Crippen LogP contribution in [-0.2, 0) is 0 Å². The highest BCUT2D eigenvalue weighted by molar-refractivity contribution is 5.94. The zero-order valence-corrected chi connectivity index (χ0v) is 10.1. The summed E-state index contributed by atoms with van der Waals surface area (Å²) in [5.41, 5.74) is 0.603. The summed E-state index contributed by atoms with van der Waals surface area (Å²) in [5.74, 6) is 0.711. The number of rotatable bonds is 5. The van der Waals surface area contributed by atoms with Crippen LogP contribution in [0.2, 0.25) is 0 Å². The molecule has 0 spiro atoms. The average molecular weight is 221 g/mol. The third-order valence-corrected chi connectivity index (χ3v) is 2.60. The molecule has 88 valence electrons. The Balaban J connectivity index is 2.65. The van der Waals surface area contributed by atoms with Crippen molar-refractivity contribution in [2.24, 2.45) is 0 Å². The molecule has 1 aromatic rings. The molecule has 16 heavy (non-hydrogen) atoms. The zero-order valence-electron chi connectivity index (χ0n) is 10.1. The first-order chi connectivity index (χ1) is 7.71. The molecule has 1 rings (SSSR count). The van der Waals surface area contributed by atoms with Crippen LogP contribution >= 0.6 is 0 Å². The lowest BCUT2D eigenvalue weighted by Gasteiger charge is -2.14. The summed E-state index contributed by atoms with van der Waals surface area (Å²) < 4.78 is 0. The summed E-state index contributed by atoms with van der Waals surface area (Å²) in [6.45, 7) is 4.13. The summed E-state index contributed by atoms with van der Waals surface area (Å²) in [5, 5.41) is 5.88. The number of pyridine rings is 1. The number of nitrogens with one attached hydrogen (secondary N) is 2. The fraction of sp³-hybridized carbons (Fsp3) is 0.500. The van der Waals surface area contributed by atoms with Gasteiger partial charge < -0.3 is 10.6 Å². The molecule has 1 heterocycles. The Kier molecular flexibility index (Phi) is 4.76. The van der Waals surface area contributed by atoms with Crippen LogP contribution in [-0.4, -0.2) is 24.0 Å². The first-order valence-corrected chi connectivity index (χ1v) is 5.65. The van der Waals surface area contributed by atoms with Crippen LogP contribution in [0.15, 0.2) is 18.3 Å². The maximum atomic E-state index is 11.8. The van der Waals surface area contributed by atoms with Crippen molar-refractivity contribution in [3.63, 3.8) is 0 Å². The number of aromatic nitrogens is 1. The van der Waals surface area contributed by atoms with Crippen molar-refractivity contribution in [1.29, 1.82) is 0 Å². The Bertz CT molecular complexity index is 331. The van der Waals surface area contributed by atoms with E-state index in [1.54, 1.807) is 25.4 Å². The van der Waals surface area contributed by atoms with Crippen LogP contribution in [0.25, 0.3) is 0 Å². The van der Waals surface area contributed by atoms with E-state index in [1.165, 1.54) is 0 Å². The SMILES string of the molecule is CCC(CC)NC(=O)c1ccc(NC)nc1. The van der Waals surface area contributed by atoms with E-state index >= 15 is 0 Å². The highest BCUT2D eigenvalue weighted by Crippen LogP contribution is 2.05. The number of carbonyl (C=O) groups is 1. The van der Waals surface area contributed by atoms with Gasteiger partial charge in [-0.2, -0.15) is 0 Å². The van der Waals surface area contributed by atoms with Crippen LogP contribution in [0, 0.1) is 0 Å². The molecule has 0 aromatic carbocycles. The van der Waals surface area contributed by atoms with Gasteiger partial charge in [-0.25, -0.2) is 4.98 Å². The minimum atomic E-state index is -0.0520. The highest BCUT2D eigenvalue weighted by Gasteiger charge is 2.10. The minimum absolute atomic E-state index is 0.0520. The minimum Gasteiger partial charge on any atom is -0.373 e. The van der Waals surface area contributed by atoms with Gasteiger partial charge in [-0.15, -0.1) is 0 Å². The Morgan fingerprint density at radius 1 is 1.38 bits per heavy atom. The topological polar surface area (TPSA) is 54.0 Å². The van der Waals surface area contributed by atoms with E-state index in [9.17, 15) is 4.79 Å². The molecule has 0 saturated heterocycles. The lowest BCUT2D eigenvalue weighted by Crippen LogP contribution is -2.33. The van der Waals surface area contributed by atoms with E-state index in [-0.39, 0.29) is 11.9 Å². The summed E-state index contributed by atoms with van der Waals surface area (Å²) in [6, 6.07) is 3.81. The molecule has 0 unspecified atom stereocenters. The molecule has 0 bridgehead atoms. The fourth-order valence-corrected chi connectivity index (χ4v) is 1.44. The Hall–Kier alpha value is -1.58. The van der Waals surface area contributed by atoms with E-state index in [4.69, 9.17) is 0 Å².